The van der Waals surface area contributed by atoms with Crippen LogP contribution in [-0.2, 0) is 13.0 Å². The lowest BCUT2D eigenvalue weighted by molar-refractivity contribution is 0.236. The normalized spacial score (nSPS) is 19.0. The molecule has 3 rings (SSSR count). The minimum Gasteiger partial charge on any atom is -0.361 e. The first kappa shape index (κ1) is 15.3. The van der Waals surface area contributed by atoms with E-state index in [9.17, 15) is 0 Å². The Bertz CT molecular complexity index is 632. The minimum atomic E-state index is 0.412. The van der Waals surface area contributed by atoms with E-state index in [4.69, 9.17) is 4.52 Å². The highest BCUT2D eigenvalue weighted by Gasteiger charge is 2.28. The van der Waals surface area contributed by atoms with Crippen LogP contribution in [0.4, 0.5) is 0 Å². The van der Waals surface area contributed by atoms with Crippen molar-refractivity contribution in [1.82, 2.24) is 10.1 Å². The maximum atomic E-state index is 5.48. The van der Waals surface area contributed by atoms with Gasteiger partial charge in [0.1, 0.15) is 11.5 Å². The van der Waals surface area contributed by atoms with Crippen LogP contribution in [0.5, 0.6) is 0 Å². The summed E-state index contributed by atoms with van der Waals surface area (Å²) in [6, 6.07) is 9.33. The molecule has 0 aliphatic carbocycles. The van der Waals surface area contributed by atoms with Crippen molar-refractivity contribution in [3.05, 3.63) is 52.4 Å². The molecule has 1 saturated heterocycles. The first-order valence-electron chi connectivity index (χ1n) is 8.43. The zero-order valence-corrected chi connectivity index (χ0v) is 13.9. The second-order valence-electron chi connectivity index (χ2n) is 6.53. The molecule has 1 aromatic heterocycles. The summed E-state index contributed by atoms with van der Waals surface area (Å²) in [7, 11) is 0. The standard InChI is InChI=1S/C19H26N2O/c1-4-6-17-12-18(20-22-17)19-7-5-10-21(19)13-16-9-8-14(2)11-15(16)3/h8-9,11-12,19H,4-7,10,13H2,1-3H3/t19-/m1/s1. The maximum absolute atomic E-state index is 5.48. The molecule has 0 unspecified atom stereocenters. The Morgan fingerprint density at radius 3 is 2.91 bits per heavy atom. The molecule has 0 saturated carbocycles. The molecule has 0 bridgehead atoms. The van der Waals surface area contributed by atoms with Crippen LogP contribution in [-0.4, -0.2) is 16.6 Å². The Hall–Kier alpha value is -1.61. The molecule has 1 aromatic carbocycles. The number of hydrogen-bond donors (Lipinski definition) is 0. The summed E-state index contributed by atoms with van der Waals surface area (Å²) >= 11 is 0. The Labute approximate surface area is 133 Å². The van der Waals surface area contributed by atoms with Gasteiger partial charge in [-0.3, -0.25) is 4.90 Å². The van der Waals surface area contributed by atoms with Gasteiger partial charge in [0, 0.05) is 19.0 Å². The molecule has 0 spiro atoms. The SMILES string of the molecule is CCCc1cc([C@H]2CCCN2Cc2ccc(C)cc2C)no1. The van der Waals surface area contributed by atoms with Crippen molar-refractivity contribution in [3.63, 3.8) is 0 Å². The highest BCUT2D eigenvalue weighted by Crippen LogP contribution is 2.33. The molecule has 0 radical (unpaired) electrons. The highest BCUT2D eigenvalue weighted by atomic mass is 16.5. The van der Waals surface area contributed by atoms with E-state index in [2.05, 4.69) is 55.1 Å². The van der Waals surface area contributed by atoms with Crippen molar-refractivity contribution in [2.75, 3.05) is 6.54 Å². The van der Waals surface area contributed by atoms with Gasteiger partial charge >= 0.3 is 0 Å². The van der Waals surface area contributed by atoms with Gasteiger partial charge in [-0.15, -0.1) is 0 Å². The van der Waals surface area contributed by atoms with Crippen LogP contribution in [0.3, 0.4) is 0 Å². The molecule has 3 heteroatoms. The molecular formula is C19H26N2O. The summed E-state index contributed by atoms with van der Waals surface area (Å²) in [4.78, 5) is 2.55. The molecular weight excluding hydrogens is 272 g/mol. The number of aryl methyl sites for hydroxylation is 3. The lowest BCUT2D eigenvalue weighted by Gasteiger charge is -2.23. The number of likely N-dealkylation sites (tertiary alicyclic amines) is 1. The summed E-state index contributed by atoms with van der Waals surface area (Å²) < 4.78 is 5.48. The molecule has 1 fully saturated rings. The van der Waals surface area contributed by atoms with Crippen molar-refractivity contribution in [2.24, 2.45) is 0 Å². The van der Waals surface area contributed by atoms with E-state index >= 15 is 0 Å². The number of nitrogens with zero attached hydrogens (tertiary/aromatic N) is 2. The molecule has 1 aliphatic heterocycles. The van der Waals surface area contributed by atoms with E-state index in [-0.39, 0.29) is 0 Å². The van der Waals surface area contributed by atoms with Crippen LogP contribution in [0.15, 0.2) is 28.8 Å². The minimum absolute atomic E-state index is 0.412. The quantitative estimate of drug-likeness (QED) is 0.809. The van der Waals surface area contributed by atoms with Crippen LogP contribution >= 0.6 is 0 Å². The molecule has 3 nitrogen and oxygen atoms in total. The van der Waals surface area contributed by atoms with Gasteiger partial charge < -0.3 is 4.52 Å². The fourth-order valence-electron chi connectivity index (χ4n) is 3.44. The lowest BCUT2D eigenvalue weighted by Crippen LogP contribution is -2.23. The van der Waals surface area contributed by atoms with Crippen molar-refractivity contribution in [3.8, 4) is 0 Å². The Morgan fingerprint density at radius 2 is 2.14 bits per heavy atom. The fourth-order valence-corrected chi connectivity index (χ4v) is 3.44. The van der Waals surface area contributed by atoms with Gasteiger partial charge in [-0.05, 0) is 50.8 Å². The molecule has 118 valence electrons. The monoisotopic (exact) mass is 298 g/mol. The third-order valence-electron chi connectivity index (χ3n) is 4.65. The zero-order valence-electron chi connectivity index (χ0n) is 13.9. The lowest BCUT2D eigenvalue weighted by atomic mass is 10.0. The van der Waals surface area contributed by atoms with Crippen LogP contribution < -0.4 is 0 Å². The fraction of sp³-hybridized carbons (Fsp3) is 0.526. The van der Waals surface area contributed by atoms with Gasteiger partial charge in [-0.1, -0.05) is 35.8 Å². The first-order chi connectivity index (χ1) is 10.7. The largest absolute Gasteiger partial charge is 0.361 e. The summed E-state index contributed by atoms with van der Waals surface area (Å²) in [6.45, 7) is 8.69. The molecule has 0 amide bonds. The molecule has 1 atom stereocenters. The number of hydrogen-bond acceptors (Lipinski definition) is 3. The predicted molar refractivity (Wildman–Crippen MR) is 88.8 cm³/mol. The van der Waals surface area contributed by atoms with Crippen LogP contribution in [0, 0.1) is 13.8 Å². The van der Waals surface area contributed by atoms with E-state index in [0.717, 1.165) is 37.4 Å². The second-order valence-corrected chi connectivity index (χ2v) is 6.53. The summed E-state index contributed by atoms with van der Waals surface area (Å²) in [5.41, 5.74) is 5.26. The van der Waals surface area contributed by atoms with Crippen molar-refractivity contribution >= 4 is 0 Å². The topological polar surface area (TPSA) is 29.3 Å². The van der Waals surface area contributed by atoms with Gasteiger partial charge in [0.15, 0.2) is 0 Å². The van der Waals surface area contributed by atoms with Gasteiger partial charge in [0.05, 0.1) is 6.04 Å². The highest BCUT2D eigenvalue weighted by molar-refractivity contribution is 5.30. The van der Waals surface area contributed by atoms with Gasteiger partial charge in [0.2, 0.25) is 0 Å². The average Bonchev–Trinajstić information content (AvgIpc) is 3.11. The van der Waals surface area contributed by atoms with E-state index in [0.29, 0.717) is 6.04 Å². The van der Waals surface area contributed by atoms with Crippen molar-refractivity contribution in [1.29, 1.82) is 0 Å². The average molecular weight is 298 g/mol. The van der Waals surface area contributed by atoms with E-state index in [1.165, 1.54) is 29.5 Å². The van der Waals surface area contributed by atoms with Crippen molar-refractivity contribution < 1.29 is 4.52 Å². The van der Waals surface area contributed by atoms with Gasteiger partial charge in [-0.25, -0.2) is 0 Å². The first-order valence-corrected chi connectivity index (χ1v) is 8.43. The number of aromatic nitrogens is 1. The third kappa shape index (κ3) is 3.25. The molecule has 2 heterocycles. The number of rotatable bonds is 5. The second kappa shape index (κ2) is 6.66. The zero-order chi connectivity index (χ0) is 15.5. The van der Waals surface area contributed by atoms with Crippen molar-refractivity contribution in [2.45, 2.75) is 59.0 Å². The molecule has 2 aromatic rings. The van der Waals surface area contributed by atoms with Crippen LogP contribution in [0.25, 0.3) is 0 Å². The van der Waals surface area contributed by atoms with E-state index < -0.39 is 0 Å². The smallest absolute Gasteiger partial charge is 0.137 e. The Kier molecular flexibility index (Phi) is 4.63. The maximum Gasteiger partial charge on any atom is 0.137 e. The van der Waals surface area contributed by atoms with Crippen LogP contribution in [0.1, 0.15) is 60.4 Å². The van der Waals surface area contributed by atoms with Crippen LogP contribution in [0.2, 0.25) is 0 Å². The van der Waals surface area contributed by atoms with E-state index in [1.54, 1.807) is 0 Å². The molecule has 0 N–H and O–H groups in total. The number of benzene rings is 1. The van der Waals surface area contributed by atoms with E-state index in [1.807, 2.05) is 0 Å². The summed E-state index contributed by atoms with van der Waals surface area (Å²) in [6.07, 6.45) is 4.51. The third-order valence-corrected chi connectivity index (χ3v) is 4.65. The Balaban J connectivity index is 1.74. The van der Waals surface area contributed by atoms with Gasteiger partial charge in [0.25, 0.3) is 0 Å². The molecule has 1 aliphatic rings. The predicted octanol–water partition coefficient (Wildman–Crippen LogP) is 4.58. The Morgan fingerprint density at radius 1 is 1.27 bits per heavy atom. The summed E-state index contributed by atoms with van der Waals surface area (Å²) in [5, 5.41) is 4.33. The van der Waals surface area contributed by atoms with Gasteiger partial charge in [-0.2, -0.15) is 0 Å². The molecule has 22 heavy (non-hydrogen) atoms. The summed E-state index contributed by atoms with van der Waals surface area (Å²) in [5.74, 6) is 1.02.